The van der Waals surface area contributed by atoms with Crippen LogP contribution in [0.2, 0.25) is 0 Å². The average Bonchev–Trinajstić information content (AvgIpc) is 3.54. The third-order valence-corrected chi connectivity index (χ3v) is 10.3. The number of hydrogen-bond donors (Lipinski definition) is 0. The van der Waals surface area contributed by atoms with Crippen LogP contribution in [0, 0.1) is 0 Å². The number of benzene rings is 9. The number of fused-ring (bicyclic) bond motifs is 5. The molecule has 0 saturated heterocycles. The van der Waals surface area contributed by atoms with Gasteiger partial charge < -0.3 is 9.47 Å². The van der Waals surface area contributed by atoms with Gasteiger partial charge in [0, 0.05) is 33.5 Å². The summed E-state index contributed by atoms with van der Waals surface area (Å²) in [6.45, 7) is 0. The van der Waals surface area contributed by atoms with Gasteiger partial charge in [-0.15, -0.1) is 0 Å². The van der Waals surface area contributed by atoms with Gasteiger partial charge in [-0.3, -0.25) is 0 Å². The van der Waals surface area contributed by atoms with Gasteiger partial charge in [0.2, 0.25) is 0 Å². The predicted molar refractivity (Wildman–Crippen MR) is 221 cm³/mol. The molecule has 0 aliphatic carbocycles. The fourth-order valence-corrected chi connectivity index (χ4v) is 7.84. The van der Waals surface area contributed by atoms with Crippen molar-refractivity contribution in [1.82, 2.24) is 4.57 Å². The molecule has 0 spiro atoms. The van der Waals surface area contributed by atoms with E-state index in [2.05, 4.69) is 216 Å². The molecule has 0 amide bonds. The molecule has 9 aromatic carbocycles. The largest absolute Gasteiger partial charge is 0.310 e. The van der Waals surface area contributed by atoms with Crippen molar-refractivity contribution in [2.75, 3.05) is 4.90 Å². The highest BCUT2D eigenvalue weighted by molar-refractivity contribution is 6.14. The molecule has 0 bridgehead atoms. The lowest BCUT2D eigenvalue weighted by molar-refractivity contribution is 1.18. The first-order chi connectivity index (χ1) is 25.8. The van der Waals surface area contributed by atoms with Crippen LogP contribution in [0.5, 0.6) is 0 Å². The highest BCUT2D eigenvalue weighted by atomic mass is 15.1. The molecular weight excluding hydrogens is 629 g/mol. The van der Waals surface area contributed by atoms with Gasteiger partial charge in [0.15, 0.2) is 0 Å². The molecule has 0 aliphatic rings. The van der Waals surface area contributed by atoms with Crippen LogP contribution in [-0.2, 0) is 0 Å². The highest BCUT2D eigenvalue weighted by Gasteiger charge is 2.17. The normalized spacial score (nSPS) is 11.5. The second-order valence-corrected chi connectivity index (χ2v) is 13.4. The second-order valence-electron chi connectivity index (χ2n) is 13.4. The Bertz CT molecular complexity index is 2860. The molecular formula is C50H34N2. The van der Waals surface area contributed by atoms with Crippen molar-refractivity contribution in [3.8, 4) is 27.9 Å². The zero-order chi connectivity index (χ0) is 34.4. The van der Waals surface area contributed by atoms with Crippen LogP contribution in [0.15, 0.2) is 206 Å². The first kappa shape index (κ1) is 30.0. The summed E-state index contributed by atoms with van der Waals surface area (Å²) in [6, 6.07) is 74.7. The first-order valence-corrected chi connectivity index (χ1v) is 17.8. The topological polar surface area (TPSA) is 8.17 Å². The molecule has 2 nitrogen and oxygen atoms in total. The van der Waals surface area contributed by atoms with E-state index in [1.807, 2.05) is 0 Å². The van der Waals surface area contributed by atoms with Crippen molar-refractivity contribution in [2.24, 2.45) is 0 Å². The van der Waals surface area contributed by atoms with Crippen molar-refractivity contribution < 1.29 is 0 Å². The number of hydrogen-bond acceptors (Lipinski definition) is 1. The molecule has 0 N–H and O–H groups in total. The van der Waals surface area contributed by atoms with Gasteiger partial charge in [-0.05, 0) is 111 Å². The number of nitrogens with zero attached hydrogens (tertiary/aromatic N) is 2. The Morgan fingerprint density at radius 3 is 1.67 bits per heavy atom. The molecule has 10 aromatic rings. The number of rotatable bonds is 6. The summed E-state index contributed by atoms with van der Waals surface area (Å²) >= 11 is 0. The first-order valence-electron chi connectivity index (χ1n) is 17.8. The van der Waals surface area contributed by atoms with Crippen molar-refractivity contribution in [2.45, 2.75) is 0 Å². The van der Waals surface area contributed by atoms with E-state index in [1.54, 1.807) is 0 Å². The van der Waals surface area contributed by atoms with E-state index in [0.29, 0.717) is 0 Å². The number of anilines is 3. The van der Waals surface area contributed by atoms with Crippen molar-refractivity contribution >= 4 is 60.4 Å². The predicted octanol–water partition coefficient (Wildman–Crippen LogP) is 13.9. The van der Waals surface area contributed by atoms with E-state index in [1.165, 1.54) is 65.6 Å². The molecule has 2 heteroatoms. The summed E-state index contributed by atoms with van der Waals surface area (Å²) in [6.07, 6.45) is 0. The van der Waals surface area contributed by atoms with Crippen molar-refractivity contribution in [3.05, 3.63) is 206 Å². The van der Waals surface area contributed by atoms with Crippen LogP contribution >= 0.6 is 0 Å². The van der Waals surface area contributed by atoms with Gasteiger partial charge in [-0.25, -0.2) is 0 Å². The van der Waals surface area contributed by atoms with Gasteiger partial charge in [0.05, 0.1) is 11.0 Å². The molecule has 244 valence electrons. The Morgan fingerprint density at radius 2 is 0.904 bits per heavy atom. The van der Waals surface area contributed by atoms with Gasteiger partial charge in [-0.2, -0.15) is 0 Å². The number of aromatic nitrogens is 1. The van der Waals surface area contributed by atoms with E-state index >= 15 is 0 Å². The molecule has 1 heterocycles. The van der Waals surface area contributed by atoms with Crippen LogP contribution in [0.4, 0.5) is 17.1 Å². The van der Waals surface area contributed by atoms with Gasteiger partial charge in [-0.1, -0.05) is 140 Å². The Morgan fingerprint density at radius 1 is 0.308 bits per heavy atom. The summed E-state index contributed by atoms with van der Waals surface area (Å²) in [5.41, 5.74) is 11.8. The fourth-order valence-electron chi connectivity index (χ4n) is 7.84. The second kappa shape index (κ2) is 12.5. The minimum atomic E-state index is 1.11. The minimum absolute atomic E-state index is 1.11. The maximum absolute atomic E-state index is 2.39. The summed E-state index contributed by atoms with van der Waals surface area (Å²) in [4.78, 5) is 2.37. The Hall–Kier alpha value is -6.90. The van der Waals surface area contributed by atoms with E-state index < -0.39 is 0 Å². The molecule has 0 aliphatic heterocycles. The van der Waals surface area contributed by atoms with E-state index in [9.17, 15) is 0 Å². The van der Waals surface area contributed by atoms with Crippen molar-refractivity contribution in [1.29, 1.82) is 0 Å². The van der Waals surface area contributed by atoms with Gasteiger partial charge >= 0.3 is 0 Å². The monoisotopic (exact) mass is 662 g/mol. The number of para-hydroxylation sites is 2. The fraction of sp³-hybridized carbons (Fsp3) is 0. The molecule has 0 atom stereocenters. The maximum Gasteiger partial charge on any atom is 0.0547 e. The van der Waals surface area contributed by atoms with Crippen LogP contribution < -0.4 is 4.90 Å². The molecule has 0 unspecified atom stereocenters. The molecule has 0 radical (unpaired) electrons. The SMILES string of the molecule is c1ccc(-c2ccc(N(c3ccc(-c4cccc5ccccc45)cc3)c3ccc4cc5c6ccccc6n(-c6ccccc6)c5cc4c3)cc2)cc1. The summed E-state index contributed by atoms with van der Waals surface area (Å²) < 4.78 is 2.39. The average molecular weight is 663 g/mol. The molecule has 52 heavy (non-hydrogen) atoms. The zero-order valence-corrected chi connectivity index (χ0v) is 28.5. The Kier molecular flexibility index (Phi) is 7.18. The smallest absolute Gasteiger partial charge is 0.0547 e. The van der Waals surface area contributed by atoms with Crippen LogP contribution in [0.1, 0.15) is 0 Å². The Labute approximate surface area is 303 Å². The maximum atomic E-state index is 2.39. The van der Waals surface area contributed by atoms with Crippen LogP contribution in [0.3, 0.4) is 0 Å². The zero-order valence-electron chi connectivity index (χ0n) is 28.5. The van der Waals surface area contributed by atoms with E-state index in [0.717, 1.165) is 22.7 Å². The molecule has 0 saturated carbocycles. The van der Waals surface area contributed by atoms with E-state index in [-0.39, 0.29) is 0 Å². The summed E-state index contributed by atoms with van der Waals surface area (Å²) in [7, 11) is 0. The Balaban J connectivity index is 1.13. The lowest BCUT2D eigenvalue weighted by Gasteiger charge is -2.26. The third-order valence-electron chi connectivity index (χ3n) is 10.3. The van der Waals surface area contributed by atoms with Crippen LogP contribution in [0.25, 0.3) is 71.3 Å². The quantitative estimate of drug-likeness (QED) is 0.172. The standard InChI is InChI=1S/C50H34N2/c1-3-12-35(13-4-1)36-22-27-42(28-23-36)51(43-29-24-38(25-30-43)46-20-11-15-37-14-7-8-18-45(37)46)44-31-26-39-33-48-47-19-9-10-21-49(47)52(41-16-5-2-6-17-41)50(48)34-40(39)32-44/h1-34H. The molecule has 0 fully saturated rings. The lowest BCUT2D eigenvalue weighted by Crippen LogP contribution is -2.09. The lowest BCUT2D eigenvalue weighted by atomic mass is 9.98. The van der Waals surface area contributed by atoms with Gasteiger partial charge in [0.25, 0.3) is 0 Å². The van der Waals surface area contributed by atoms with E-state index in [4.69, 9.17) is 0 Å². The molecule has 1 aromatic heterocycles. The highest BCUT2D eigenvalue weighted by Crippen LogP contribution is 2.41. The summed E-state index contributed by atoms with van der Waals surface area (Å²) in [5, 5.41) is 7.46. The molecule has 10 rings (SSSR count). The summed E-state index contributed by atoms with van der Waals surface area (Å²) in [5.74, 6) is 0. The van der Waals surface area contributed by atoms with Crippen molar-refractivity contribution in [3.63, 3.8) is 0 Å². The minimum Gasteiger partial charge on any atom is -0.310 e. The third kappa shape index (κ3) is 5.12. The van der Waals surface area contributed by atoms with Gasteiger partial charge in [0.1, 0.15) is 0 Å². The van der Waals surface area contributed by atoms with Crippen LogP contribution in [-0.4, -0.2) is 4.57 Å².